The van der Waals surface area contributed by atoms with E-state index in [4.69, 9.17) is 0 Å². The minimum Gasteiger partial charge on any atom is -0.619 e. The molecule has 1 saturated heterocycles. The molecule has 0 bridgehead atoms. The van der Waals surface area contributed by atoms with Crippen LogP contribution in [0.1, 0.15) is 63.5 Å². The Hall–Kier alpha value is -4.20. The van der Waals surface area contributed by atoms with Crippen molar-refractivity contribution in [2.75, 3.05) is 20.1 Å². The summed E-state index contributed by atoms with van der Waals surface area (Å²) in [6, 6.07) is 6.89. The number of aryl methyl sites for hydroxylation is 1. The van der Waals surface area contributed by atoms with Crippen LogP contribution in [-0.2, 0) is 17.1 Å². The van der Waals surface area contributed by atoms with E-state index in [-0.39, 0.29) is 36.7 Å². The first-order valence-electron chi connectivity index (χ1n) is 13.5. The molecule has 236 valence electrons. The maximum atomic E-state index is 14.0. The van der Waals surface area contributed by atoms with Gasteiger partial charge in [0.25, 0.3) is 5.91 Å². The van der Waals surface area contributed by atoms with E-state index in [1.165, 1.54) is 50.5 Å². The minimum absolute atomic E-state index is 0.0292. The highest BCUT2D eigenvalue weighted by molar-refractivity contribution is 5.93. The summed E-state index contributed by atoms with van der Waals surface area (Å²) >= 11 is 0. The zero-order valence-corrected chi connectivity index (χ0v) is 23.8. The summed E-state index contributed by atoms with van der Waals surface area (Å²) in [5.41, 5.74) is 0.565. The van der Waals surface area contributed by atoms with Crippen molar-refractivity contribution in [3.8, 4) is 0 Å². The maximum absolute atomic E-state index is 14.0. The molecule has 0 spiro atoms. The monoisotopic (exact) mass is 626 g/mol. The number of alkyl halides is 6. The van der Waals surface area contributed by atoms with Gasteiger partial charge >= 0.3 is 12.4 Å². The molecule has 2 heterocycles. The highest BCUT2D eigenvalue weighted by atomic mass is 19.4. The standard InChI is InChI=1S/C30H29F7N4O3/c1-17-11-23(31)6-7-24(17)26-16-40(38-27(42)19-5-4-9-41(44)15-19)10-8-25(26)28(43)39(3)18(2)20-12-21(29(32,33)34)14-22(13-20)30(35,36)37/h4-7,9,11-15,18,25-26H,8,10,16H2,1-3H3,(H,38,42)/t18-,25+,26-/m1/s1. The number of halogens is 7. The Labute approximate surface area is 248 Å². The van der Waals surface area contributed by atoms with Crippen LogP contribution < -0.4 is 10.2 Å². The molecule has 1 aromatic heterocycles. The van der Waals surface area contributed by atoms with E-state index in [1.54, 1.807) is 11.9 Å². The molecule has 3 aromatic rings. The number of aromatic nitrogens is 1. The molecule has 1 fully saturated rings. The first-order chi connectivity index (χ1) is 20.5. The quantitative estimate of drug-likeness (QED) is 0.214. The Balaban J connectivity index is 1.63. The first-order valence-corrected chi connectivity index (χ1v) is 13.5. The molecule has 0 aliphatic carbocycles. The van der Waals surface area contributed by atoms with Gasteiger partial charge in [-0.1, -0.05) is 6.07 Å². The summed E-state index contributed by atoms with van der Waals surface area (Å²) in [7, 11) is 1.30. The van der Waals surface area contributed by atoms with Crippen LogP contribution in [0.3, 0.4) is 0 Å². The third-order valence-corrected chi connectivity index (χ3v) is 7.88. The van der Waals surface area contributed by atoms with Crippen LogP contribution in [0.2, 0.25) is 0 Å². The molecule has 44 heavy (non-hydrogen) atoms. The van der Waals surface area contributed by atoms with Crippen LogP contribution in [0.25, 0.3) is 0 Å². The van der Waals surface area contributed by atoms with Crippen LogP contribution in [0, 0.1) is 23.9 Å². The number of hydrazine groups is 1. The summed E-state index contributed by atoms with van der Waals surface area (Å²) in [6.45, 7) is 3.21. The molecule has 1 aliphatic heterocycles. The molecule has 14 heteroatoms. The number of nitrogens with one attached hydrogen (secondary N) is 1. The zero-order valence-electron chi connectivity index (χ0n) is 23.8. The molecule has 1 N–H and O–H groups in total. The van der Waals surface area contributed by atoms with E-state index in [2.05, 4.69) is 5.43 Å². The van der Waals surface area contributed by atoms with Gasteiger partial charge in [-0.15, -0.1) is 0 Å². The lowest BCUT2D eigenvalue weighted by Gasteiger charge is -2.41. The van der Waals surface area contributed by atoms with Gasteiger partial charge in [0.1, 0.15) is 11.4 Å². The van der Waals surface area contributed by atoms with E-state index in [9.17, 15) is 45.5 Å². The predicted octanol–water partition coefficient (Wildman–Crippen LogP) is 5.78. The number of carbonyl (C=O) groups is 2. The van der Waals surface area contributed by atoms with Crippen molar-refractivity contribution in [1.82, 2.24) is 15.3 Å². The number of hydrogen-bond acceptors (Lipinski definition) is 4. The van der Waals surface area contributed by atoms with Gasteiger partial charge in [-0.25, -0.2) is 9.40 Å². The molecular weight excluding hydrogens is 597 g/mol. The van der Waals surface area contributed by atoms with Gasteiger partial charge in [-0.3, -0.25) is 15.0 Å². The predicted molar refractivity (Wildman–Crippen MR) is 144 cm³/mol. The number of amides is 2. The number of piperidine rings is 1. The number of nitrogens with zero attached hydrogens (tertiary/aromatic N) is 3. The smallest absolute Gasteiger partial charge is 0.416 e. The molecule has 0 unspecified atom stereocenters. The van der Waals surface area contributed by atoms with Gasteiger partial charge in [0.15, 0.2) is 12.4 Å². The van der Waals surface area contributed by atoms with Crippen molar-refractivity contribution >= 4 is 11.8 Å². The molecule has 1 aliphatic rings. The number of benzene rings is 2. The van der Waals surface area contributed by atoms with Gasteiger partial charge in [0.2, 0.25) is 5.91 Å². The first kappa shape index (κ1) is 32.7. The van der Waals surface area contributed by atoms with Crippen molar-refractivity contribution in [3.63, 3.8) is 0 Å². The summed E-state index contributed by atoms with van der Waals surface area (Å²) in [6.07, 6.45) is -7.66. The van der Waals surface area contributed by atoms with E-state index in [1.807, 2.05) is 0 Å². The average molecular weight is 627 g/mol. The Morgan fingerprint density at radius 1 is 1.05 bits per heavy atom. The van der Waals surface area contributed by atoms with E-state index in [0.29, 0.717) is 28.0 Å². The van der Waals surface area contributed by atoms with Gasteiger partial charge in [-0.2, -0.15) is 31.1 Å². The molecule has 0 saturated carbocycles. The number of pyridine rings is 1. The summed E-state index contributed by atoms with van der Waals surface area (Å²) in [4.78, 5) is 27.8. The lowest BCUT2D eigenvalue weighted by Crippen LogP contribution is -2.52. The molecular formula is C30H29F7N4O3. The van der Waals surface area contributed by atoms with E-state index in [0.717, 1.165) is 11.1 Å². The Morgan fingerprint density at radius 2 is 1.68 bits per heavy atom. The minimum atomic E-state index is -5.05. The Kier molecular flexibility index (Phi) is 9.24. The fraction of sp³-hybridized carbons (Fsp3) is 0.367. The summed E-state index contributed by atoms with van der Waals surface area (Å²) in [5, 5.41) is 13.2. The second-order valence-electron chi connectivity index (χ2n) is 10.8. The third kappa shape index (κ3) is 7.29. The van der Waals surface area contributed by atoms with Gasteiger partial charge in [0.05, 0.1) is 17.2 Å². The molecule has 3 atom stereocenters. The highest BCUT2D eigenvalue weighted by Gasteiger charge is 2.41. The Morgan fingerprint density at radius 3 is 2.25 bits per heavy atom. The molecule has 0 radical (unpaired) electrons. The second kappa shape index (κ2) is 12.4. The lowest BCUT2D eigenvalue weighted by atomic mass is 9.78. The zero-order chi connectivity index (χ0) is 32.6. The second-order valence-corrected chi connectivity index (χ2v) is 10.8. The number of carbonyl (C=O) groups excluding carboxylic acids is 2. The maximum Gasteiger partial charge on any atom is 0.416 e. The summed E-state index contributed by atoms with van der Waals surface area (Å²) in [5.74, 6) is -3.09. The topological polar surface area (TPSA) is 79.6 Å². The largest absolute Gasteiger partial charge is 0.619 e. The van der Waals surface area contributed by atoms with E-state index < -0.39 is 59.0 Å². The normalized spacial score (nSPS) is 18.5. The van der Waals surface area contributed by atoms with Crippen molar-refractivity contribution < 1.29 is 45.1 Å². The van der Waals surface area contributed by atoms with Crippen LogP contribution in [0.15, 0.2) is 60.9 Å². The number of hydrogen-bond donors (Lipinski definition) is 1. The summed E-state index contributed by atoms with van der Waals surface area (Å²) < 4.78 is 95.3. The molecule has 7 nitrogen and oxygen atoms in total. The van der Waals surface area contributed by atoms with Crippen molar-refractivity contribution in [2.45, 2.75) is 44.6 Å². The van der Waals surface area contributed by atoms with Crippen LogP contribution in [0.5, 0.6) is 0 Å². The lowest BCUT2D eigenvalue weighted by molar-refractivity contribution is -0.605. The van der Waals surface area contributed by atoms with Crippen molar-refractivity contribution in [1.29, 1.82) is 0 Å². The van der Waals surface area contributed by atoms with Crippen molar-refractivity contribution in [2.24, 2.45) is 5.92 Å². The number of rotatable bonds is 6. The third-order valence-electron chi connectivity index (χ3n) is 7.88. The molecule has 2 amide bonds. The molecule has 2 aromatic carbocycles. The fourth-order valence-electron chi connectivity index (χ4n) is 5.41. The van der Waals surface area contributed by atoms with Crippen molar-refractivity contribution in [3.05, 3.63) is 105 Å². The van der Waals surface area contributed by atoms with Gasteiger partial charge in [0, 0.05) is 38.0 Å². The average Bonchev–Trinajstić information content (AvgIpc) is 2.95. The van der Waals surface area contributed by atoms with Gasteiger partial charge in [-0.05, 0) is 73.4 Å². The van der Waals surface area contributed by atoms with Gasteiger partial charge < -0.3 is 10.1 Å². The van der Waals surface area contributed by atoms with Crippen LogP contribution >= 0.6 is 0 Å². The van der Waals surface area contributed by atoms with E-state index >= 15 is 0 Å². The van der Waals surface area contributed by atoms with Crippen LogP contribution in [-0.4, -0.2) is 41.9 Å². The van der Waals surface area contributed by atoms with Crippen LogP contribution in [0.4, 0.5) is 30.7 Å². The Bertz CT molecular complexity index is 1510. The molecule has 4 rings (SSSR count). The fourth-order valence-corrected chi connectivity index (χ4v) is 5.41. The highest BCUT2D eigenvalue weighted by Crippen LogP contribution is 2.40. The SMILES string of the molecule is Cc1cc(F)ccc1[C@H]1CN(NC(=O)c2ccc[n+]([O-])c2)CC[C@@H]1C(=O)N(C)[C@H](C)c1cc(C(F)(F)F)cc(C(F)(F)F)c1.